The lowest BCUT2D eigenvalue weighted by Gasteiger charge is -2.42. The largest absolute Gasteiger partial charge is 0.489 e. The number of nitrogens with zero attached hydrogens (tertiary/aromatic N) is 5. The molecule has 10 heteroatoms. The van der Waals surface area contributed by atoms with Crippen LogP contribution in [-0.4, -0.2) is 78.1 Å². The molecular weight excluding hydrogens is 494 g/mol. The average Bonchev–Trinajstić information content (AvgIpc) is 3.44. The van der Waals surface area contributed by atoms with Crippen molar-refractivity contribution in [3.63, 3.8) is 0 Å². The minimum absolute atomic E-state index is 0.0560. The topological polar surface area (TPSA) is 103 Å². The van der Waals surface area contributed by atoms with Crippen LogP contribution in [0, 0.1) is 0 Å². The molecule has 0 unspecified atom stereocenters. The molecule has 2 amide bonds. The minimum Gasteiger partial charge on any atom is -0.489 e. The van der Waals surface area contributed by atoms with Crippen LogP contribution >= 0.6 is 0 Å². The standard InChI is InChI=1S/C29H41N7O3/c1-18(2)39-25-16-20(27(37)31-21-12-14-34(4)15-13-21)10-11-23(25)32-29-30-17-24-26(33-29)36(22-8-6-7-9-22)19(3)28(38)35(24)5/h10-11,16-19,21-22H,6-9,12-15H2,1-5H3,(H,31,37)(H,30,32,33)/t19-/m1/s1. The maximum Gasteiger partial charge on any atom is 0.251 e. The summed E-state index contributed by atoms with van der Waals surface area (Å²) in [7, 11) is 3.89. The Morgan fingerprint density at radius 1 is 1.10 bits per heavy atom. The van der Waals surface area contributed by atoms with Gasteiger partial charge in [0, 0.05) is 24.7 Å². The number of ether oxygens (including phenoxy) is 1. The molecule has 0 bridgehead atoms. The fraction of sp³-hybridized carbons (Fsp3) is 0.586. The lowest BCUT2D eigenvalue weighted by atomic mass is 10.0. The molecule has 0 spiro atoms. The van der Waals surface area contributed by atoms with E-state index >= 15 is 0 Å². The molecule has 39 heavy (non-hydrogen) atoms. The number of hydrogen-bond donors (Lipinski definition) is 2. The summed E-state index contributed by atoms with van der Waals surface area (Å²) in [6.45, 7) is 7.84. The maximum atomic E-state index is 13.0. The molecule has 0 radical (unpaired) electrons. The van der Waals surface area contributed by atoms with Crippen molar-refractivity contribution in [1.29, 1.82) is 0 Å². The predicted octanol–water partition coefficient (Wildman–Crippen LogP) is 3.95. The van der Waals surface area contributed by atoms with Gasteiger partial charge in [0.1, 0.15) is 17.5 Å². The molecule has 3 aliphatic rings. The van der Waals surface area contributed by atoms with E-state index in [2.05, 4.69) is 32.5 Å². The molecule has 1 atom stereocenters. The van der Waals surface area contributed by atoms with Gasteiger partial charge in [0.25, 0.3) is 5.91 Å². The summed E-state index contributed by atoms with van der Waals surface area (Å²) < 4.78 is 6.11. The molecule has 10 nitrogen and oxygen atoms in total. The fourth-order valence-electron chi connectivity index (χ4n) is 5.89. The van der Waals surface area contributed by atoms with Crippen molar-refractivity contribution in [2.45, 2.75) is 83.5 Å². The van der Waals surface area contributed by atoms with E-state index in [9.17, 15) is 9.59 Å². The van der Waals surface area contributed by atoms with E-state index in [1.165, 1.54) is 0 Å². The molecule has 5 rings (SSSR count). The number of benzene rings is 1. The number of carbonyl (C=O) groups excluding carboxylic acids is 2. The molecule has 1 saturated heterocycles. The van der Waals surface area contributed by atoms with Crippen molar-refractivity contribution in [1.82, 2.24) is 20.2 Å². The number of likely N-dealkylation sites (tertiary alicyclic amines) is 1. The number of anilines is 4. The lowest BCUT2D eigenvalue weighted by Crippen LogP contribution is -2.54. The van der Waals surface area contributed by atoms with E-state index < -0.39 is 0 Å². The number of piperidine rings is 1. The zero-order chi connectivity index (χ0) is 27.7. The first kappa shape index (κ1) is 27.2. The van der Waals surface area contributed by atoms with Crippen LogP contribution in [0.1, 0.15) is 69.7 Å². The molecule has 2 aliphatic heterocycles. The Balaban J connectivity index is 1.40. The number of nitrogens with one attached hydrogen (secondary N) is 2. The van der Waals surface area contributed by atoms with Crippen molar-refractivity contribution in [2.24, 2.45) is 0 Å². The minimum atomic E-state index is -0.282. The number of likely N-dealkylation sites (N-methyl/N-ethyl adjacent to an activating group) is 1. The van der Waals surface area contributed by atoms with Gasteiger partial charge in [0.15, 0.2) is 5.82 Å². The van der Waals surface area contributed by atoms with Crippen LogP contribution in [0.15, 0.2) is 24.4 Å². The van der Waals surface area contributed by atoms with Gasteiger partial charge in [-0.15, -0.1) is 0 Å². The van der Waals surface area contributed by atoms with Gasteiger partial charge in [-0.25, -0.2) is 4.98 Å². The highest BCUT2D eigenvalue weighted by molar-refractivity contribution is 6.04. The van der Waals surface area contributed by atoms with E-state index in [1.54, 1.807) is 30.3 Å². The number of carbonyl (C=O) groups is 2. The van der Waals surface area contributed by atoms with E-state index in [4.69, 9.17) is 9.72 Å². The Labute approximate surface area is 231 Å². The second kappa shape index (κ2) is 11.4. The third kappa shape index (κ3) is 5.80. The molecule has 2 N–H and O–H groups in total. The first-order valence-corrected chi connectivity index (χ1v) is 14.2. The summed E-state index contributed by atoms with van der Waals surface area (Å²) in [6.07, 6.45) is 7.97. The summed E-state index contributed by atoms with van der Waals surface area (Å²) in [5, 5.41) is 6.50. The van der Waals surface area contributed by atoms with E-state index in [-0.39, 0.29) is 30.0 Å². The monoisotopic (exact) mass is 535 g/mol. The summed E-state index contributed by atoms with van der Waals surface area (Å²) in [5.41, 5.74) is 1.96. The van der Waals surface area contributed by atoms with E-state index in [0.717, 1.165) is 63.1 Å². The number of amides is 2. The van der Waals surface area contributed by atoms with Crippen LogP contribution in [0.2, 0.25) is 0 Å². The smallest absolute Gasteiger partial charge is 0.251 e. The van der Waals surface area contributed by atoms with Crippen molar-refractivity contribution in [2.75, 3.05) is 42.3 Å². The van der Waals surface area contributed by atoms with Crippen LogP contribution < -0.4 is 25.2 Å². The van der Waals surface area contributed by atoms with E-state index in [0.29, 0.717) is 29.0 Å². The van der Waals surface area contributed by atoms with Crippen molar-refractivity contribution in [3.05, 3.63) is 30.0 Å². The summed E-state index contributed by atoms with van der Waals surface area (Å²) in [5.74, 6) is 1.72. The molecule has 1 saturated carbocycles. The van der Waals surface area contributed by atoms with Gasteiger partial charge in [0.2, 0.25) is 11.9 Å². The summed E-state index contributed by atoms with van der Waals surface area (Å²) in [4.78, 5) is 41.6. The van der Waals surface area contributed by atoms with Crippen LogP contribution in [-0.2, 0) is 4.79 Å². The predicted molar refractivity (Wildman–Crippen MR) is 153 cm³/mol. The zero-order valence-corrected chi connectivity index (χ0v) is 23.7. The van der Waals surface area contributed by atoms with Crippen molar-refractivity contribution >= 4 is 35.0 Å². The Kier molecular flexibility index (Phi) is 7.93. The second-order valence-electron chi connectivity index (χ2n) is 11.4. The molecule has 3 heterocycles. The number of hydrogen-bond acceptors (Lipinski definition) is 8. The second-order valence-corrected chi connectivity index (χ2v) is 11.4. The quantitative estimate of drug-likeness (QED) is 0.550. The van der Waals surface area contributed by atoms with Gasteiger partial charge >= 0.3 is 0 Å². The highest BCUT2D eigenvalue weighted by atomic mass is 16.5. The molecule has 1 aromatic heterocycles. The maximum absolute atomic E-state index is 13.0. The summed E-state index contributed by atoms with van der Waals surface area (Å²) >= 11 is 0. The number of fused-ring (bicyclic) bond motifs is 1. The van der Waals surface area contributed by atoms with Gasteiger partial charge < -0.3 is 30.1 Å². The Bertz CT molecular complexity index is 1210. The Hall–Kier alpha value is -3.40. The van der Waals surface area contributed by atoms with Crippen molar-refractivity contribution in [3.8, 4) is 5.75 Å². The Morgan fingerprint density at radius 3 is 2.51 bits per heavy atom. The van der Waals surface area contributed by atoms with Gasteiger partial charge in [-0.2, -0.15) is 4.98 Å². The third-order valence-electron chi connectivity index (χ3n) is 8.09. The Morgan fingerprint density at radius 2 is 1.82 bits per heavy atom. The molecular formula is C29H41N7O3. The highest BCUT2D eigenvalue weighted by Gasteiger charge is 2.39. The van der Waals surface area contributed by atoms with Gasteiger partial charge in [-0.3, -0.25) is 9.59 Å². The molecule has 210 valence electrons. The van der Waals surface area contributed by atoms with E-state index in [1.807, 2.05) is 26.8 Å². The SMILES string of the molecule is CC(C)Oc1cc(C(=O)NC2CCN(C)CC2)ccc1Nc1ncc2c(n1)N(C1CCCC1)[C@H](C)C(=O)N2C. The number of rotatable bonds is 7. The van der Waals surface area contributed by atoms with Gasteiger partial charge in [-0.1, -0.05) is 12.8 Å². The van der Waals surface area contributed by atoms with Crippen LogP contribution in [0.4, 0.5) is 23.1 Å². The molecule has 2 aromatic rings. The van der Waals surface area contributed by atoms with Gasteiger partial charge in [-0.05, 0) is 84.8 Å². The van der Waals surface area contributed by atoms with Crippen LogP contribution in [0.25, 0.3) is 0 Å². The third-order valence-corrected chi connectivity index (χ3v) is 8.09. The average molecular weight is 536 g/mol. The molecule has 1 aromatic carbocycles. The lowest BCUT2D eigenvalue weighted by molar-refractivity contribution is -0.119. The fourth-order valence-corrected chi connectivity index (χ4v) is 5.89. The summed E-state index contributed by atoms with van der Waals surface area (Å²) in [6, 6.07) is 5.62. The normalized spacial score (nSPS) is 20.9. The molecule has 1 aliphatic carbocycles. The first-order valence-electron chi connectivity index (χ1n) is 14.2. The van der Waals surface area contributed by atoms with Crippen LogP contribution in [0.3, 0.4) is 0 Å². The highest BCUT2D eigenvalue weighted by Crippen LogP contribution is 2.39. The van der Waals surface area contributed by atoms with Crippen molar-refractivity contribution < 1.29 is 14.3 Å². The van der Waals surface area contributed by atoms with Gasteiger partial charge in [0.05, 0.1) is 18.0 Å². The number of aromatic nitrogens is 2. The zero-order valence-electron chi connectivity index (χ0n) is 23.7. The first-order chi connectivity index (χ1) is 18.7. The molecule has 2 fully saturated rings. The van der Waals surface area contributed by atoms with Crippen LogP contribution in [0.5, 0.6) is 5.75 Å².